The zero-order valence-corrected chi connectivity index (χ0v) is 13.1. The molecule has 1 heterocycles. The van der Waals surface area contributed by atoms with Crippen molar-refractivity contribution in [3.05, 3.63) is 69.9 Å². The van der Waals surface area contributed by atoms with E-state index in [4.69, 9.17) is 27.6 Å². The van der Waals surface area contributed by atoms with Gasteiger partial charge in [0.2, 0.25) is 0 Å². The molecular weight excluding hydrogens is 305 g/mol. The van der Waals surface area contributed by atoms with Crippen molar-refractivity contribution in [1.29, 1.82) is 0 Å². The molecule has 4 heteroatoms. The van der Waals surface area contributed by atoms with Gasteiger partial charge in [-0.25, -0.2) is 0 Å². The van der Waals surface area contributed by atoms with Crippen LogP contribution < -0.4 is 5.32 Å². The summed E-state index contributed by atoms with van der Waals surface area (Å²) in [6.45, 7) is 2.74. The van der Waals surface area contributed by atoms with E-state index >= 15 is 0 Å². The Balaban J connectivity index is 1.79. The molecular formula is C17H15Cl2NO. The van der Waals surface area contributed by atoms with E-state index in [1.807, 2.05) is 42.5 Å². The van der Waals surface area contributed by atoms with Crippen LogP contribution in [-0.4, -0.2) is 0 Å². The highest BCUT2D eigenvalue weighted by Gasteiger charge is 2.13. The number of furan rings is 1. The average molecular weight is 320 g/mol. The summed E-state index contributed by atoms with van der Waals surface area (Å²) >= 11 is 12.2. The van der Waals surface area contributed by atoms with Gasteiger partial charge in [-0.05, 0) is 42.3 Å². The first kappa shape index (κ1) is 14.5. The molecule has 0 spiro atoms. The van der Waals surface area contributed by atoms with Crippen LogP contribution in [-0.2, 0) is 6.54 Å². The molecule has 1 N–H and O–H groups in total. The summed E-state index contributed by atoms with van der Waals surface area (Å²) in [5, 5.41) is 5.70. The quantitative estimate of drug-likeness (QED) is 0.678. The van der Waals surface area contributed by atoms with Gasteiger partial charge in [0.1, 0.15) is 5.58 Å². The van der Waals surface area contributed by atoms with Crippen LogP contribution in [0.3, 0.4) is 0 Å². The lowest BCUT2D eigenvalue weighted by atomic mass is 10.1. The maximum absolute atomic E-state index is 6.19. The minimum atomic E-state index is 0.174. The van der Waals surface area contributed by atoms with Gasteiger partial charge >= 0.3 is 0 Å². The van der Waals surface area contributed by atoms with Gasteiger partial charge in [-0.15, -0.1) is 0 Å². The molecule has 0 saturated heterocycles. The van der Waals surface area contributed by atoms with Gasteiger partial charge in [-0.2, -0.15) is 0 Å². The Morgan fingerprint density at radius 2 is 1.90 bits per heavy atom. The molecule has 0 aliphatic heterocycles. The number of hydrogen-bond donors (Lipinski definition) is 1. The zero-order valence-electron chi connectivity index (χ0n) is 11.6. The van der Waals surface area contributed by atoms with Gasteiger partial charge in [0.15, 0.2) is 5.22 Å². The highest BCUT2D eigenvalue weighted by molar-refractivity contribution is 6.31. The topological polar surface area (TPSA) is 25.2 Å². The average Bonchev–Trinajstić information content (AvgIpc) is 2.80. The molecule has 0 amide bonds. The lowest BCUT2D eigenvalue weighted by Crippen LogP contribution is -2.18. The van der Waals surface area contributed by atoms with Crippen LogP contribution in [0.2, 0.25) is 10.2 Å². The lowest BCUT2D eigenvalue weighted by Gasteiger charge is -2.14. The van der Waals surface area contributed by atoms with Crippen LogP contribution >= 0.6 is 23.2 Å². The number of rotatable bonds is 4. The van der Waals surface area contributed by atoms with Gasteiger partial charge in [0, 0.05) is 28.6 Å². The summed E-state index contributed by atoms with van der Waals surface area (Å²) in [7, 11) is 0. The van der Waals surface area contributed by atoms with Crippen LogP contribution in [0.15, 0.2) is 52.9 Å². The molecule has 21 heavy (non-hydrogen) atoms. The number of nitrogens with one attached hydrogen (secondary N) is 1. The molecule has 3 aromatic rings. The summed E-state index contributed by atoms with van der Waals surface area (Å²) in [5.74, 6) is 0. The Kier molecular flexibility index (Phi) is 4.20. The van der Waals surface area contributed by atoms with Crippen molar-refractivity contribution in [3.8, 4) is 0 Å². The molecule has 3 rings (SSSR count). The third-order valence-corrected chi connectivity index (χ3v) is 4.12. The molecule has 2 aromatic carbocycles. The van der Waals surface area contributed by atoms with Crippen molar-refractivity contribution in [1.82, 2.24) is 5.32 Å². The fraction of sp³-hybridized carbons (Fsp3) is 0.176. The Labute approximate surface area is 133 Å². The van der Waals surface area contributed by atoms with Crippen molar-refractivity contribution in [2.24, 2.45) is 0 Å². The normalized spacial score (nSPS) is 12.7. The number of benzene rings is 2. The second-order valence-corrected chi connectivity index (χ2v) is 5.79. The highest BCUT2D eigenvalue weighted by atomic mass is 35.5. The molecule has 108 valence electrons. The summed E-state index contributed by atoms with van der Waals surface area (Å²) in [4.78, 5) is 0. The molecule has 0 aliphatic rings. The second kappa shape index (κ2) is 6.10. The van der Waals surface area contributed by atoms with Crippen LogP contribution in [0.1, 0.15) is 24.1 Å². The maximum atomic E-state index is 6.19. The molecule has 0 bridgehead atoms. The van der Waals surface area contributed by atoms with E-state index in [0.717, 1.165) is 27.1 Å². The summed E-state index contributed by atoms with van der Waals surface area (Å²) in [5.41, 5.74) is 2.95. The minimum Gasteiger partial charge on any atom is -0.444 e. The number of halogens is 2. The minimum absolute atomic E-state index is 0.174. The number of para-hydroxylation sites is 1. The van der Waals surface area contributed by atoms with Crippen molar-refractivity contribution in [2.45, 2.75) is 19.5 Å². The fourth-order valence-electron chi connectivity index (χ4n) is 2.38. The van der Waals surface area contributed by atoms with Crippen molar-refractivity contribution >= 4 is 34.2 Å². The smallest absolute Gasteiger partial charge is 0.199 e. The second-order valence-electron chi connectivity index (χ2n) is 5.01. The molecule has 2 nitrogen and oxygen atoms in total. The summed E-state index contributed by atoms with van der Waals surface area (Å²) in [6.07, 6.45) is 0. The van der Waals surface area contributed by atoms with Gasteiger partial charge in [-0.1, -0.05) is 41.9 Å². The molecule has 1 unspecified atom stereocenters. The lowest BCUT2D eigenvalue weighted by molar-refractivity contribution is 0.563. The molecule has 0 fully saturated rings. The van der Waals surface area contributed by atoms with E-state index < -0.39 is 0 Å². The van der Waals surface area contributed by atoms with Gasteiger partial charge in [-0.3, -0.25) is 0 Å². The van der Waals surface area contributed by atoms with Crippen LogP contribution in [0.25, 0.3) is 11.0 Å². The molecule has 0 radical (unpaired) electrons. The standard InChI is InChI=1S/C17H15Cl2NO/c1-11(12-5-4-6-13(18)9-12)20-10-15-14-7-2-3-8-16(14)21-17(15)19/h2-9,11,20H,10H2,1H3. The van der Waals surface area contributed by atoms with Crippen LogP contribution in [0.4, 0.5) is 0 Å². The Morgan fingerprint density at radius 1 is 1.10 bits per heavy atom. The fourth-order valence-corrected chi connectivity index (χ4v) is 2.83. The Hall–Kier alpha value is -1.48. The first-order chi connectivity index (χ1) is 10.1. The zero-order chi connectivity index (χ0) is 14.8. The Bertz CT molecular complexity index is 766. The van der Waals surface area contributed by atoms with E-state index in [2.05, 4.69) is 18.3 Å². The van der Waals surface area contributed by atoms with Gasteiger partial charge in [0.25, 0.3) is 0 Å². The highest BCUT2D eigenvalue weighted by Crippen LogP contribution is 2.30. The Morgan fingerprint density at radius 3 is 2.71 bits per heavy atom. The third-order valence-electron chi connectivity index (χ3n) is 3.58. The SMILES string of the molecule is CC(NCc1c(Cl)oc2ccccc12)c1cccc(Cl)c1. The molecule has 0 saturated carbocycles. The van der Waals surface area contributed by atoms with Crippen molar-refractivity contribution in [3.63, 3.8) is 0 Å². The predicted molar refractivity (Wildman–Crippen MR) is 87.9 cm³/mol. The first-order valence-corrected chi connectivity index (χ1v) is 7.55. The van der Waals surface area contributed by atoms with E-state index in [9.17, 15) is 0 Å². The summed E-state index contributed by atoms with van der Waals surface area (Å²) < 4.78 is 5.56. The monoisotopic (exact) mass is 319 g/mol. The molecule has 0 aliphatic carbocycles. The van der Waals surface area contributed by atoms with Crippen molar-refractivity contribution < 1.29 is 4.42 Å². The van der Waals surface area contributed by atoms with E-state index in [0.29, 0.717) is 11.8 Å². The largest absolute Gasteiger partial charge is 0.444 e. The van der Waals surface area contributed by atoms with Crippen LogP contribution in [0.5, 0.6) is 0 Å². The van der Waals surface area contributed by atoms with Crippen molar-refractivity contribution in [2.75, 3.05) is 0 Å². The number of hydrogen-bond acceptors (Lipinski definition) is 2. The third kappa shape index (κ3) is 3.08. The van der Waals surface area contributed by atoms with Crippen LogP contribution in [0, 0.1) is 0 Å². The molecule has 1 aromatic heterocycles. The number of fused-ring (bicyclic) bond motifs is 1. The van der Waals surface area contributed by atoms with Gasteiger partial charge in [0.05, 0.1) is 0 Å². The van der Waals surface area contributed by atoms with Gasteiger partial charge < -0.3 is 9.73 Å². The summed E-state index contributed by atoms with van der Waals surface area (Å²) in [6, 6.07) is 15.9. The predicted octanol–water partition coefficient (Wildman–Crippen LogP) is 5.59. The maximum Gasteiger partial charge on any atom is 0.199 e. The van der Waals surface area contributed by atoms with E-state index in [-0.39, 0.29) is 6.04 Å². The first-order valence-electron chi connectivity index (χ1n) is 6.80. The molecule has 1 atom stereocenters. The van der Waals surface area contributed by atoms with E-state index in [1.54, 1.807) is 0 Å². The van der Waals surface area contributed by atoms with E-state index in [1.165, 1.54) is 0 Å².